The lowest BCUT2D eigenvalue weighted by atomic mass is 10.1. The predicted octanol–water partition coefficient (Wildman–Crippen LogP) is 3.54. The van der Waals surface area contributed by atoms with Gasteiger partial charge < -0.3 is 15.0 Å². The smallest absolute Gasteiger partial charge is 0.271 e. The molecule has 1 atom stereocenters. The molecule has 1 aliphatic carbocycles. The third kappa shape index (κ3) is 7.69. The molecular formula is C27H36N4O7S. The average Bonchev–Trinajstić information content (AvgIpc) is 3.40. The van der Waals surface area contributed by atoms with Crippen LogP contribution in [0.25, 0.3) is 0 Å². The highest BCUT2D eigenvalue weighted by Crippen LogP contribution is 2.34. The molecule has 0 aliphatic heterocycles. The molecule has 1 N–H and O–H groups in total. The minimum atomic E-state index is -4.09. The molecule has 2 amide bonds. The minimum Gasteiger partial charge on any atom is -0.495 e. The number of aryl methyl sites for hydroxylation is 1. The summed E-state index contributed by atoms with van der Waals surface area (Å²) in [5.41, 5.74) is 1.32. The number of non-ortho nitro benzene ring substituents is 1. The number of hydrogen-bond acceptors (Lipinski definition) is 7. The van der Waals surface area contributed by atoms with E-state index in [1.54, 1.807) is 6.92 Å². The van der Waals surface area contributed by atoms with E-state index in [0.717, 1.165) is 53.4 Å². The quantitative estimate of drug-likeness (QED) is 0.309. The number of hydrogen-bond donors (Lipinski definition) is 1. The molecule has 2 aromatic rings. The highest BCUT2D eigenvalue weighted by Gasteiger charge is 2.34. The molecule has 1 fully saturated rings. The molecule has 1 saturated carbocycles. The Balaban J connectivity index is 2.00. The van der Waals surface area contributed by atoms with Gasteiger partial charge in [-0.3, -0.25) is 24.0 Å². The molecule has 1 aliphatic rings. The zero-order valence-corrected chi connectivity index (χ0v) is 23.6. The predicted molar refractivity (Wildman–Crippen MR) is 148 cm³/mol. The normalized spacial score (nSPS) is 14.5. The lowest BCUT2D eigenvalue weighted by molar-refractivity contribution is -0.384. The first-order chi connectivity index (χ1) is 18.4. The molecule has 0 unspecified atom stereocenters. The van der Waals surface area contributed by atoms with Crippen LogP contribution in [0, 0.1) is 17.0 Å². The largest absolute Gasteiger partial charge is 0.495 e. The van der Waals surface area contributed by atoms with Crippen molar-refractivity contribution in [2.24, 2.45) is 0 Å². The second-order valence-corrected chi connectivity index (χ2v) is 11.7. The van der Waals surface area contributed by atoms with Crippen molar-refractivity contribution < 1.29 is 27.7 Å². The Morgan fingerprint density at radius 3 is 2.33 bits per heavy atom. The standard InChI is InChI=1S/C27H36N4O7S/c1-5-23(27(33)28-21-8-6-7-9-21)29(17-20-12-10-19(2)11-13-20)26(32)18-30(39(4,36)37)24-16-22(31(34)35)14-15-25(24)38-3/h10-16,21,23H,5-9,17-18H2,1-4H3,(H,28,33)/t23-/m0/s1. The summed E-state index contributed by atoms with van der Waals surface area (Å²) in [5, 5.41) is 14.5. The van der Waals surface area contributed by atoms with Gasteiger partial charge in [0.15, 0.2) is 0 Å². The summed E-state index contributed by atoms with van der Waals surface area (Å²) in [6.45, 7) is 3.15. The number of anilines is 1. The summed E-state index contributed by atoms with van der Waals surface area (Å²) in [5.74, 6) is -0.860. The van der Waals surface area contributed by atoms with Crippen molar-refractivity contribution in [3.8, 4) is 5.75 Å². The van der Waals surface area contributed by atoms with Gasteiger partial charge in [0, 0.05) is 24.7 Å². The van der Waals surface area contributed by atoms with Crippen LogP contribution in [0.2, 0.25) is 0 Å². The van der Waals surface area contributed by atoms with Gasteiger partial charge in [-0.1, -0.05) is 49.6 Å². The van der Waals surface area contributed by atoms with E-state index in [0.29, 0.717) is 6.42 Å². The zero-order chi connectivity index (χ0) is 28.7. The number of sulfonamides is 1. The highest BCUT2D eigenvalue weighted by molar-refractivity contribution is 7.92. The number of carbonyl (C=O) groups is 2. The Bertz CT molecular complexity index is 1290. The molecule has 0 heterocycles. The molecule has 0 radical (unpaired) electrons. The maximum Gasteiger partial charge on any atom is 0.271 e. The maximum atomic E-state index is 13.9. The van der Waals surface area contributed by atoms with E-state index in [9.17, 15) is 28.1 Å². The molecule has 11 nitrogen and oxygen atoms in total. The van der Waals surface area contributed by atoms with E-state index in [1.165, 1.54) is 24.1 Å². The van der Waals surface area contributed by atoms with E-state index in [1.807, 2.05) is 31.2 Å². The van der Waals surface area contributed by atoms with Gasteiger partial charge >= 0.3 is 0 Å². The van der Waals surface area contributed by atoms with Gasteiger partial charge in [-0.2, -0.15) is 0 Å². The summed E-state index contributed by atoms with van der Waals surface area (Å²) in [6, 6.07) is 10.2. The molecule has 3 rings (SSSR count). The molecule has 0 spiro atoms. The van der Waals surface area contributed by atoms with Crippen LogP contribution in [0.1, 0.15) is 50.2 Å². The van der Waals surface area contributed by atoms with Gasteiger partial charge in [-0.05, 0) is 37.8 Å². The summed E-state index contributed by atoms with van der Waals surface area (Å²) in [6.07, 6.45) is 5.04. The molecule has 39 heavy (non-hydrogen) atoms. The summed E-state index contributed by atoms with van der Waals surface area (Å²) in [4.78, 5) is 39.4. The van der Waals surface area contributed by atoms with Crippen LogP contribution in [-0.4, -0.2) is 62.0 Å². The van der Waals surface area contributed by atoms with Crippen LogP contribution in [0.3, 0.4) is 0 Å². The van der Waals surface area contributed by atoms with Crippen LogP contribution >= 0.6 is 0 Å². The highest BCUT2D eigenvalue weighted by atomic mass is 32.2. The van der Waals surface area contributed by atoms with Crippen molar-refractivity contribution in [3.05, 3.63) is 63.7 Å². The summed E-state index contributed by atoms with van der Waals surface area (Å²) in [7, 11) is -2.79. The van der Waals surface area contributed by atoms with Crippen molar-refractivity contribution in [2.45, 2.75) is 64.6 Å². The van der Waals surface area contributed by atoms with Gasteiger partial charge in [0.2, 0.25) is 21.8 Å². The Labute approximate surface area is 229 Å². The van der Waals surface area contributed by atoms with E-state index >= 15 is 0 Å². The number of ether oxygens (including phenoxy) is 1. The molecule has 212 valence electrons. The zero-order valence-electron chi connectivity index (χ0n) is 22.8. The van der Waals surface area contributed by atoms with Crippen molar-refractivity contribution in [2.75, 3.05) is 24.2 Å². The van der Waals surface area contributed by atoms with Crippen molar-refractivity contribution in [1.82, 2.24) is 10.2 Å². The van der Waals surface area contributed by atoms with Gasteiger partial charge in [-0.25, -0.2) is 8.42 Å². The SMILES string of the molecule is CC[C@@H](C(=O)NC1CCCC1)N(Cc1ccc(C)cc1)C(=O)CN(c1cc([N+](=O)[O-])ccc1OC)S(C)(=O)=O. The number of rotatable bonds is 12. The second kappa shape index (κ2) is 12.9. The van der Waals surface area contributed by atoms with Gasteiger partial charge in [-0.15, -0.1) is 0 Å². The van der Waals surface area contributed by atoms with Crippen LogP contribution in [0.4, 0.5) is 11.4 Å². The first-order valence-corrected chi connectivity index (χ1v) is 14.7. The number of nitrogens with one attached hydrogen (secondary N) is 1. The third-order valence-electron chi connectivity index (χ3n) is 6.88. The Hall–Kier alpha value is -3.67. The lowest BCUT2D eigenvalue weighted by Crippen LogP contribution is -2.53. The van der Waals surface area contributed by atoms with Crippen molar-refractivity contribution >= 4 is 33.2 Å². The van der Waals surface area contributed by atoms with E-state index in [-0.39, 0.29) is 35.6 Å². The monoisotopic (exact) mass is 560 g/mol. The topological polar surface area (TPSA) is 139 Å². The van der Waals surface area contributed by atoms with Crippen LogP contribution in [0.5, 0.6) is 5.75 Å². The molecule has 12 heteroatoms. The number of methoxy groups -OCH3 is 1. The number of nitro groups is 1. The maximum absolute atomic E-state index is 13.9. The van der Waals surface area contributed by atoms with Gasteiger partial charge in [0.05, 0.1) is 18.3 Å². The first kappa shape index (κ1) is 29.9. The summed E-state index contributed by atoms with van der Waals surface area (Å²) < 4.78 is 31.8. The van der Waals surface area contributed by atoms with Crippen LogP contribution < -0.4 is 14.4 Å². The fourth-order valence-electron chi connectivity index (χ4n) is 4.76. The van der Waals surface area contributed by atoms with Crippen LogP contribution in [-0.2, 0) is 26.2 Å². The number of carbonyl (C=O) groups excluding carboxylic acids is 2. The van der Waals surface area contributed by atoms with Crippen LogP contribution in [0.15, 0.2) is 42.5 Å². The fourth-order valence-corrected chi connectivity index (χ4v) is 5.60. The summed E-state index contributed by atoms with van der Waals surface area (Å²) >= 11 is 0. The number of amides is 2. The van der Waals surface area contributed by atoms with E-state index in [4.69, 9.17) is 4.74 Å². The molecular weight excluding hydrogens is 524 g/mol. The molecule has 2 aromatic carbocycles. The number of nitro benzene ring substituents is 1. The van der Waals surface area contributed by atoms with Gasteiger partial charge in [0.1, 0.15) is 24.0 Å². The Morgan fingerprint density at radius 1 is 1.15 bits per heavy atom. The van der Waals surface area contributed by atoms with Crippen molar-refractivity contribution in [1.29, 1.82) is 0 Å². The Morgan fingerprint density at radius 2 is 1.79 bits per heavy atom. The van der Waals surface area contributed by atoms with Crippen molar-refractivity contribution in [3.63, 3.8) is 0 Å². The number of nitrogens with zero attached hydrogens (tertiary/aromatic N) is 3. The van der Waals surface area contributed by atoms with E-state index < -0.39 is 33.4 Å². The first-order valence-electron chi connectivity index (χ1n) is 12.9. The molecule has 0 saturated heterocycles. The van der Waals surface area contributed by atoms with Gasteiger partial charge in [0.25, 0.3) is 5.69 Å². The minimum absolute atomic E-state index is 0.0459. The molecule has 0 aromatic heterocycles. The fraction of sp³-hybridized carbons (Fsp3) is 0.481. The average molecular weight is 561 g/mol. The van der Waals surface area contributed by atoms with E-state index in [2.05, 4.69) is 5.32 Å². The third-order valence-corrected chi connectivity index (χ3v) is 8.01. The second-order valence-electron chi connectivity index (χ2n) is 9.80. The molecule has 0 bridgehead atoms. The number of benzene rings is 2. The Kier molecular flexibility index (Phi) is 9.90. The lowest BCUT2D eigenvalue weighted by Gasteiger charge is -2.33.